The highest BCUT2D eigenvalue weighted by atomic mass is 35.5. The third-order valence-electron chi connectivity index (χ3n) is 3.93. The second-order valence-corrected chi connectivity index (χ2v) is 8.21. The largest absolute Gasteiger partial charge is 0.497 e. The molecule has 148 valence electrons. The molecule has 0 aliphatic rings. The SMILES string of the molecule is COc1ccc(OC)c(S(=O)(=O)Nc2cnn(Cc3c(Cl)cccc3Cl)c2)c1. The summed E-state index contributed by atoms with van der Waals surface area (Å²) in [6.07, 6.45) is 2.94. The molecule has 0 unspecified atom stereocenters. The van der Waals surface area contributed by atoms with Gasteiger partial charge in [-0.2, -0.15) is 5.10 Å². The first-order valence-electron chi connectivity index (χ1n) is 8.04. The Hall–Kier alpha value is -2.42. The minimum atomic E-state index is -3.92. The molecular formula is C18H17Cl2N3O4S. The molecule has 7 nitrogen and oxygen atoms in total. The Labute approximate surface area is 172 Å². The van der Waals surface area contributed by atoms with E-state index in [1.54, 1.807) is 30.5 Å². The molecule has 0 aliphatic carbocycles. The van der Waals surface area contributed by atoms with E-state index < -0.39 is 10.0 Å². The number of nitrogens with zero attached hydrogens (tertiary/aromatic N) is 2. The maximum atomic E-state index is 12.8. The first-order valence-corrected chi connectivity index (χ1v) is 10.3. The summed E-state index contributed by atoms with van der Waals surface area (Å²) in [6, 6.07) is 9.72. The topological polar surface area (TPSA) is 82.4 Å². The van der Waals surface area contributed by atoms with Crippen LogP contribution in [0, 0.1) is 0 Å². The van der Waals surface area contributed by atoms with Gasteiger partial charge in [0.1, 0.15) is 16.4 Å². The minimum Gasteiger partial charge on any atom is -0.497 e. The molecule has 0 saturated carbocycles. The lowest BCUT2D eigenvalue weighted by Gasteiger charge is -2.12. The average Bonchev–Trinajstić information content (AvgIpc) is 3.10. The zero-order valence-corrected chi connectivity index (χ0v) is 17.3. The number of hydrogen-bond acceptors (Lipinski definition) is 5. The number of anilines is 1. The molecule has 0 atom stereocenters. The number of methoxy groups -OCH3 is 2. The molecule has 3 rings (SSSR count). The molecule has 2 aromatic carbocycles. The zero-order valence-electron chi connectivity index (χ0n) is 15.0. The van der Waals surface area contributed by atoms with Gasteiger partial charge in [0.25, 0.3) is 10.0 Å². The summed E-state index contributed by atoms with van der Waals surface area (Å²) >= 11 is 12.3. The Morgan fingerprint density at radius 3 is 2.46 bits per heavy atom. The van der Waals surface area contributed by atoms with Crippen molar-refractivity contribution in [1.82, 2.24) is 9.78 Å². The first kappa shape index (κ1) is 20.3. The highest BCUT2D eigenvalue weighted by molar-refractivity contribution is 7.92. The summed E-state index contributed by atoms with van der Waals surface area (Å²) in [6.45, 7) is 0.294. The smallest absolute Gasteiger partial charge is 0.265 e. The van der Waals surface area contributed by atoms with Gasteiger partial charge in [-0.05, 0) is 24.3 Å². The van der Waals surface area contributed by atoms with Crippen molar-refractivity contribution in [3.8, 4) is 11.5 Å². The van der Waals surface area contributed by atoms with E-state index in [0.29, 0.717) is 27.9 Å². The van der Waals surface area contributed by atoms with Gasteiger partial charge in [-0.25, -0.2) is 8.42 Å². The summed E-state index contributed by atoms with van der Waals surface area (Å²) in [5.74, 6) is 0.591. The summed E-state index contributed by atoms with van der Waals surface area (Å²) in [5.41, 5.74) is 0.978. The van der Waals surface area contributed by atoms with Crippen molar-refractivity contribution in [2.24, 2.45) is 0 Å². The molecule has 0 aliphatic heterocycles. The van der Waals surface area contributed by atoms with Crippen molar-refractivity contribution in [3.63, 3.8) is 0 Å². The highest BCUT2D eigenvalue weighted by Crippen LogP contribution is 2.30. The van der Waals surface area contributed by atoms with Crippen molar-refractivity contribution in [2.75, 3.05) is 18.9 Å². The number of rotatable bonds is 7. The van der Waals surface area contributed by atoms with Crippen molar-refractivity contribution >= 4 is 38.9 Å². The van der Waals surface area contributed by atoms with Gasteiger partial charge in [-0.1, -0.05) is 29.3 Å². The number of sulfonamides is 1. The van der Waals surface area contributed by atoms with Crippen molar-refractivity contribution in [2.45, 2.75) is 11.4 Å². The van der Waals surface area contributed by atoms with Crippen LogP contribution in [0.25, 0.3) is 0 Å². The monoisotopic (exact) mass is 441 g/mol. The predicted octanol–water partition coefficient (Wildman–Crippen LogP) is 4.06. The Kier molecular flexibility index (Phi) is 6.02. The van der Waals surface area contributed by atoms with Gasteiger partial charge < -0.3 is 9.47 Å². The van der Waals surface area contributed by atoms with Crippen molar-refractivity contribution in [3.05, 3.63) is 64.4 Å². The predicted molar refractivity (Wildman–Crippen MR) is 108 cm³/mol. The van der Waals surface area contributed by atoms with E-state index in [2.05, 4.69) is 9.82 Å². The summed E-state index contributed by atoms with van der Waals surface area (Å²) in [4.78, 5) is -0.0451. The molecule has 0 amide bonds. The minimum absolute atomic E-state index is 0.0451. The lowest BCUT2D eigenvalue weighted by Crippen LogP contribution is -2.14. The second kappa shape index (κ2) is 8.30. The maximum absolute atomic E-state index is 12.8. The lowest BCUT2D eigenvalue weighted by molar-refractivity contribution is 0.392. The van der Waals surface area contributed by atoms with Crippen molar-refractivity contribution in [1.29, 1.82) is 0 Å². The van der Waals surface area contributed by atoms with Crippen LogP contribution in [0.3, 0.4) is 0 Å². The number of hydrogen-bond donors (Lipinski definition) is 1. The van der Waals surface area contributed by atoms with E-state index in [1.807, 2.05) is 0 Å². The molecule has 10 heteroatoms. The standard InChI is InChI=1S/C18H17Cl2N3O4S/c1-26-13-6-7-17(27-2)18(8-13)28(24,25)22-12-9-21-23(10-12)11-14-15(19)4-3-5-16(14)20/h3-10,22H,11H2,1-2H3. The Morgan fingerprint density at radius 2 is 1.82 bits per heavy atom. The third kappa shape index (κ3) is 4.35. The van der Waals surface area contributed by atoms with E-state index in [4.69, 9.17) is 32.7 Å². The van der Waals surface area contributed by atoms with Crippen LogP contribution >= 0.6 is 23.2 Å². The Balaban J connectivity index is 1.85. The molecule has 1 N–H and O–H groups in total. The molecule has 0 saturated heterocycles. The van der Waals surface area contributed by atoms with Crippen LogP contribution in [0.5, 0.6) is 11.5 Å². The molecule has 0 bridgehead atoms. The van der Waals surface area contributed by atoms with Crippen molar-refractivity contribution < 1.29 is 17.9 Å². The van der Waals surface area contributed by atoms with Gasteiger partial charge in [0.15, 0.2) is 0 Å². The highest BCUT2D eigenvalue weighted by Gasteiger charge is 2.21. The number of ether oxygens (including phenoxy) is 2. The zero-order chi connectivity index (χ0) is 20.3. The number of aromatic nitrogens is 2. The van der Waals surface area contributed by atoms with Gasteiger partial charge in [0.05, 0.1) is 32.6 Å². The fraction of sp³-hybridized carbons (Fsp3) is 0.167. The first-order chi connectivity index (χ1) is 13.3. The van der Waals surface area contributed by atoms with Gasteiger partial charge in [0, 0.05) is 27.9 Å². The Bertz CT molecular complexity index is 1080. The van der Waals surface area contributed by atoms with E-state index in [9.17, 15) is 8.42 Å². The van der Waals surface area contributed by atoms with Crippen LogP contribution in [0.15, 0.2) is 53.7 Å². The molecule has 28 heavy (non-hydrogen) atoms. The van der Waals surface area contributed by atoms with Gasteiger partial charge in [-0.3, -0.25) is 9.40 Å². The lowest BCUT2D eigenvalue weighted by atomic mass is 10.2. The molecular weight excluding hydrogens is 425 g/mol. The van der Waals surface area contributed by atoms with Gasteiger partial charge >= 0.3 is 0 Å². The molecule has 0 radical (unpaired) electrons. The molecule has 0 fully saturated rings. The number of halogens is 2. The van der Waals surface area contributed by atoms with Crippen LogP contribution < -0.4 is 14.2 Å². The Morgan fingerprint density at radius 1 is 1.11 bits per heavy atom. The van der Waals surface area contributed by atoms with Gasteiger partial charge in [-0.15, -0.1) is 0 Å². The molecule has 1 heterocycles. The molecule has 0 spiro atoms. The molecule has 3 aromatic rings. The summed E-state index contributed by atoms with van der Waals surface area (Å²) in [7, 11) is -1.08. The number of nitrogens with one attached hydrogen (secondary N) is 1. The normalized spacial score (nSPS) is 11.3. The van der Waals surface area contributed by atoms with E-state index >= 15 is 0 Å². The number of benzene rings is 2. The van der Waals surface area contributed by atoms with Crippen LogP contribution in [0.4, 0.5) is 5.69 Å². The van der Waals surface area contributed by atoms with E-state index in [0.717, 1.165) is 0 Å². The van der Waals surface area contributed by atoms with Crippen LogP contribution in [-0.4, -0.2) is 32.4 Å². The maximum Gasteiger partial charge on any atom is 0.265 e. The van der Waals surface area contributed by atoms with E-state index in [-0.39, 0.29) is 16.3 Å². The average molecular weight is 442 g/mol. The molecule has 1 aromatic heterocycles. The van der Waals surface area contributed by atoms with E-state index in [1.165, 1.54) is 37.2 Å². The third-order valence-corrected chi connectivity index (χ3v) is 6.04. The second-order valence-electron chi connectivity index (χ2n) is 5.75. The van der Waals surface area contributed by atoms with Gasteiger partial charge in [0.2, 0.25) is 0 Å². The van der Waals surface area contributed by atoms with Crippen LogP contribution in [0.2, 0.25) is 10.0 Å². The van der Waals surface area contributed by atoms with Crippen LogP contribution in [-0.2, 0) is 16.6 Å². The fourth-order valence-corrected chi connectivity index (χ4v) is 4.28. The fourth-order valence-electron chi connectivity index (χ4n) is 2.55. The summed E-state index contributed by atoms with van der Waals surface area (Å²) < 4.78 is 39.9. The van der Waals surface area contributed by atoms with Crippen LogP contribution in [0.1, 0.15) is 5.56 Å². The summed E-state index contributed by atoms with van der Waals surface area (Å²) in [5, 5.41) is 5.18. The quantitative estimate of drug-likeness (QED) is 0.597.